The molecule has 4 nitrogen and oxygen atoms in total. The molecule has 5 heteroatoms. The van der Waals surface area contributed by atoms with Crippen molar-refractivity contribution in [2.24, 2.45) is 11.7 Å². The van der Waals surface area contributed by atoms with Crippen molar-refractivity contribution in [3.05, 3.63) is 17.3 Å². The lowest BCUT2D eigenvalue weighted by Crippen LogP contribution is -2.29. The smallest absolute Gasteiger partial charge is 0.138 e. The van der Waals surface area contributed by atoms with Crippen LogP contribution in [0.4, 0.5) is 5.82 Å². The second-order valence-corrected chi connectivity index (χ2v) is 6.78. The van der Waals surface area contributed by atoms with Gasteiger partial charge in [0.15, 0.2) is 0 Å². The van der Waals surface area contributed by atoms with Gasteiger partial charge in [0.1, 0.15) is 17.0 Å². The number of rotatable bonds is 4. The van der Waals surface area contributed by atoms with Crippen LogP contribution in [0.5, 0.6) is 0 Å². The number of hydrogen-bond acceptors (Lipinski definition) is 5. The Morgan fingerprint density at radius 3 is 2.85 bits per heavy atom. The fourth-order valence-electron chi connectivity index (χ4n) is 2.85. The Morgan fingerprint density at radius 2 is 2.10 bits per heavy atom. The normalized spacial score (nSPS) is 23.1. The molecule has 1 saturated carbocycles. The molecule has 3 rings (SSSR count). The van der Waals surface area contributed by atoms with Gasteiger partial charge in [0.25, 0.3) is 0 Å². The van der Waals surface area contributed by atoms with Gasteiger partial charge in [0.2, 0.25) is 0 Å². The minimum absolute atomic E-state index is 0.418. The highest BCUT2D eigenvalue weighted by Crippen LogP contribution is 2.29. The van der Waals surface area contributed by atoms with E-state index in [1.165, 1.54) is 23.1 Å². The Hall–Kier alpha value is -1.20. The third kappa shape index (κ3) is 2.94. The molecule has 1 aliphatic rings. The van der Waals surface area contributed by atoms with Gasteiger partial charge in [-0.2, -0.15) is 0 Å². The van der Waals surface area contributed by atoms with Crippen LogP contribution in [0.2, 0.25) is 0 Å². The number of fused-ring (bicyclic) bond motifs is 1. The van der Waals surface area contributed by atoms with Gasteiger partial charge in [-0.05, 0) is 44.1 Å². The van der Waals surface area contributed by atoms with Crippen LogP contribution in [0.15, 0.2) is 12.4 Å². The van der Waals surface area contributed by atoms with Crippen molar-refractivity contribution in [3.8, 4) is 0 Å². The molecule has 0 bridgehead atoms. The largest absolute Gasteiger partial charge is 0.369 e. The van der Waals surface area contributed by atoms with Crippen molar-refractivity contribution in [1.29, 1.82) is 0 Å². The van der Waals surface area contributed by atoms with Gasteiger partial charge >= 0.3 is 0 Å². The lowest BCUT2D eigenvalue weighted by atomic mass is 9.86. The molecule has 0 aliphatic heterocycles. The lowest BCUT2D eigenvalue weighted by Gasteiger charge is -2.26. The fourth-order valence-corrected chi connectivity index (χ4v) is 3.79. The second-order valence-electron chi connectivity index (χ2n) is 5.67. The maximum absolute atomic E-state index is 5.96. The molecule has 1 aliphatic carbocycles. The van der Waals surface area contributed by atoms with Gasteiger partial charge < -0.3 is 11.1 Å². The summed E-state index contributed by atoms with van der Waals surface area (Å²) in [6, 6.07) is 2.64. The summed E-state index contributed by atoms with van der Waals surface area (Å²) in [5.74, 6) is 1.71. The fraction of sp³-hybridized carbons (Fsp3) is 0.600. The molecule has 0 radical (unpaired) electrons. The number of nitrogens with zero attached hydrogens (tertiary/aromatic N) is 2. The number of thiophene rings is 1. The highest BCUT2D eigenvalue weighted by atomic mass is 32.1. The van der Waals surface area contributed by atoms with E-state index in [1.54, 1.807) is 17.7 Å². The van der Waals surface area contributed by atoms with E-state index in [0.29, 0.717) is 6.04 Å². The summed E-state index contributed by atoms with van der Waals surface area (Å²) in [6.07, 6.45) is 7.49. The Kier molecular flexibility index (Phi) is 4.17. The molecule has 0 aromatic carbocycles. The van der Waals surface area contributed by atoms with Crippen LogP contribution < -0.4 is 11.1 Å². The van der Waals surface area contributed by atoms with E-state index < -0.39 is 0 Å². The molecular formula is C15H22N4S. The average Bonchev–Trinajstić information content (AvgIpc) is 2.90. The summed E-state index contributed by atoms with van der Waals surface area (Å²) in [7, 11) is 0. The third-order valence-corrected chi connectivity index (χ3v) is 5.37. The van der Waals surface area contributed by atoms with Crippen molar-refractivity contribution in [3.63, 3.8) is 0 Å². The van der Waals surface area contributed by atoms with Crippen LogP contribution in [-0.2, 0) is 6.42 Å². The molecule has 0 unspecified atom stereocenters. The van der Waals surface area contributed by atoms with E-state index in [2.05, 4.69) is 28.3 Å². The van der Waals surface area contributed by atoms with Crippen molar-refractivity contribution in [2.45, 2.75) is 45.1 Å². The Morgan fingerprint density at radius 1 is 1.30 bits per heavy atom. The van der Waals surface area contributed by atoms with Crippen LogP contribution in [0.25, 0.3) is 10.2 Å². The van der Waals surface area contributed by atoms with Crippen LogP contribution in [0, 0.1) is 5.92 Å². The minimum atomic E-state index is 0.418. The predicted molar refractivity (Wildman–Crippen MR) is 85.2 cm³/mol. The molecule has 2 heterocycles. The molecule has 20 heavy (non-hydrogen) atoms. The average molecular weight is 290 g/mol. The van der Waals surface area contributed by atoms with Crippen molar-refractivity contribution in [1.82, 2.24) is 9.97 Å². The van der Waals surface area contributed by atoms with Gasteiger partial charge in [-0.25, -0.2) is 9.97 Å². The number of nitrogens with two attached hydrogens (primary N) is 1. The molecular weight excluding hydrogens is 268 g/mol. The molecule has 0 saturated heterocycles. The highest BCUT2D eigenvalue weighted by Gasteiger charge is 2.18. The van der Waals surface area contributed by atoms with E-state index in [0.717, 1.165) is 42.4 Å². The highest BCUT2D eigenvalue weighted by molar-refractivity contribution is 7.18. The summed E-state index contributed by atoms with van der Waals surface area (Å²) in [4.78, 5) is 11.2. The molecule has 2 aromatic rings. The number of aryl methyl sites for hydroxylation is 1. The summed E-state index contributed by atoms with van der Waals surface area (Å²) < 4.78 is 0. The van der Waals surface area contributed by atoms with Crippen LogP contribution in [0.1, 0.15) is 37.5 Å². The van der Waals surface area contributed by atoms with Gasteiger partial charge in [-0.1, -0.05) is 6.92 Å². The minimum Gasteiger partial charge on any atom is -0.369 e. The first kappa shape index (κ1) is 13.8. The quantitative estimate of drug-likeness (QED) is 0.907. The molecule has 0 spiro atoms. The summed E-state index contributed by atoms with van der Waals surface area (Å²) in [6.45, 7) is 3.17. The SMILES string of the molecule is CCc1cc2c(NCC3CCC(N)CC3)ncnc2s1. The first-order valence-corrected chi connectivity index (χ1v) is 8.30. The lowest BCUT2D eigenvalue weighted by molar-refractivity contribution is 0.338. The zero-order chi connectivity index (χ0) is 13.9. The van der Waals surface area contributed by atoms with E-state index in [-0.39, 0.29) is 0 Å². The number of aromatic nitrogens is 2. The molecule has 1 fully saturated rings. The van der Waals surface area contributed by atoms with Gasteiger partial charge in [0.05, 0.1) is 5.39 Å². The number of hydrogen-bond donors (Lipinski definition) is 2. The Bertz CT molecular complexity index is 572. The van der Waals surface area contributed by atoms with Crippen LogP contribution in [0.3, 0.4) is 0 Å². The zero-order valence-electron chi connectivity index (χ0n) is 11.9. The molecule has 2 aromatic heterocycles. The van der Waals surface area contributed by atoms with E-state index >= 15 is 0 Å². The first-order chi connectivity index (χ1) is 9.76. The summed E-state index contributed by atoms with van der Waals surface area (Å²) in [5.41, 5.74) is 5.96. The van der Waals surface area contributed by atoms with Crippen molar-refractivity contribution < 1.29 is 0 Å². The number of anilines is 1. The zero-order valence-corrected chi connectivity index (χ0v) is 12.7. The number of nitrogens with one attached hydrogen (secondary N) is 1. The monoisotopic (exact) mass is 290 g/mol. The Balaban J connectivity index is 1.69. The Labute approximate surface area is 123 Å². The topological polar surface area (TPSA) is 63.8 Å². The second kappa shape index (κ2) is 6.06. The van der Waals surface area contributed by atoms with Gasteiger partial charge in [-0.3, -0.25) is 0 Å². The summed E-state index contributed by atoms with van der Waals surface area (Å²) in [5, 5.41) is 4.69. The maximum Gasteiger partial charge on any atom is 0.138 e. The molecule has 3 N–H and O–H groups in total. The van der Waals surface area contributed by atoms with E-state index in [1.807, 2.05) is 0 Å². The first-order valence-electron chi connectivity index (χ1n) is 7.49. The van der Waals surface area contributed by atoms with Crippen LogP contribution in [-0.4, -0.2) is 22.6 Å². The third-order valence-electron chi connectivity index (χ3n) is 4.18. The van der Waals surface area contributed by atoms with Crippen LogP contribution >= 0.6 is 11.3 Å². The van der Waals surface area contributed by atoms with E-state index in [9.17, 15) is 0 Å². The predicted octanol–water partition coefficient (Wildman–Crippen LogP) is 3.18. The van der Waals surface area contributed by atoms with Gasteiger partial charge in [0, 0.05) is 17.5 Å². The molecule has 108 valence electrons. The standard InChI is InChI=1S/C15H22N4S/c1-2-12-7-13-14(18-9-19-15(13)20-12)17-8-10-3-5-11(16)6-4-10/h7,9-11H,2-6,8,16H2,1H3,(H,17,18,19). The van der Waals surface area contributed by atoms with E-state index in [4.69, 9.17) is 5.73 Å². The molecule has 0 atom stereocenters. The molecule has 0 amide bonds. The van der Waals surface area contributed by atoms with Crippen molar-refractivity contribution >= 4 is 27.4 Å². The summed E-state index contributed by atoms with van der Waals surface area (Å²) >= 11 is 1.77. The maximum atomic E-state index is 5.96. The van der Waals surface area contributed by atoms with Gasteiger partial charge in [-0.15, -0.1) is 11.3 Å². The van der Waals surface area contributed by atoms with Crippen molar-refractivity contribution in [2.75, 3.05) is 11.9 Å².